The highest BCUT2D eigenvalue weighted by Gasteiger charge is 2.31. The lowest BCUT2D eigenvalue weighted by molar-refractivity contribution is 0.0572. The third-order valence-electron chi connectivity index (χ3n) is 4.73. The Morgan fingerprint density at radius 2 is 1.89 bits per heavy atom. The van der Waals surface area contributed by atoms with E-state index in [4.69, 9.17) is 0 Å². The van der Waals surface area contributed by atoms with Crippen LogP contribution in [0.1, 0.15) is 5.56 Å². The number of β-amino-alcohol motifs (C(OH)–C–C–N with tert-alkyl or cyclic N) is 2. The molecule has 1 aliphatic rings. The van der Waals surface area contributed by atoms with Crippen molar-refractivity contribution in [3.05, 3.63) is 58.3 Å². The number of hydrogen-bond donors (Lipinski definition) is 3. The van der Waals surface area contributed by atoms with Gasteiger partial charge in [0, 0.05) is 30.2 Å². The fourth-order valence-corrected chi connectivity index (χ4v) is 5.98. The fourth-order valence-electron chi connectivity index (χ4n) is 3.24. The number of fused-ring (bicyclic) bond motifs is 1. The lowest BCUT2D eigenvalue weighted by atomic mass is 10.1. The maximum atomic E-state index is 14.4. The molecule has 3 aromatic rings. The first-order chi connectivity index (χ1) is 13.2. The molecule has 0 amide bonds. The molecule has 1 fully saturated rings. The Morgan fingerprint density at radius 3 is 2.61 bits per heavy atom. The third-order valence-corrected chi connectivity index (χ3v) is 8.12. The third kappa shape index (κ3) is 3.44. The molecule has 148 valence electrons. The molecule has 2 unspecified atom stereocenters. The van der Waals surface area contributed by atoms with E-state index in [0.717, 1.165) is 17.4 Å². The van der Waals surface area contributed by atoms with Crippen molar-refractivity contribution in [3.63, 3.8) is 0 Å². The van der Waals surface area contributed by atoms with E-state index in [0.29, 0.717) is 10.4 Å². The molecule has 0 aliphatic carbocycles. The maximum Gasteiger partial charge on any atom is 0.255 e. The van der Waals surface area contributed by atoms with Crippen LogP contribution in [-0.4, -0.2) is 48.9 Å². The molecule has 3 heterocycles. The van der Waals surface area contributed by atoms with Crippen molar-refractivity contribution < 1.29 is 23.0 Å². The molecule has 4 rings (SSSR count). The van der Waals surface area contributed by atoms with Gasteiger partial charge < -0.3 is 20.1 Å². The molecule has 1 aliphatic heterocycles. The van der Waals surface area contributed by atoms with Gasteiger partial charge in [0.15, 0.2) is 9.84 Å². The van der Waals surface area contributed by atoms with Crippen LogP contribution in [0.4, 0.5) is 9.39 Å². The number of pyridine rings is 1. The van der Waals surface area contributed by atoms with Crippen molar-refractivity contribution in [2.24, 2.45) is 0 Å². The van der Waals surface area contributed by atoms with Gasteiger partial charge in [0.1, 0.15) is 10.0 Å². The number of hydrogen-bond acceptors (Lipinski definition) is 7. The molecule has 2 aromatic heterocycles. The SMILES string of the molecule is O=c1[nH]ccc2cc(F)c(CS(=O)(=O)c3ccc(N4CC(O)C(O)C4)s3)cc12. The molecule has 1 saturated heterocycles. The Bertz CT molecular complexity index is 1190. The summed E-state index contributed by atoms with van der Waals surface area (Å²) >= 11 is 0.998. The van der Waals surface area contributed by atoms with Gasteiger partial charge in [-0.05, 0) is 35.7 Å². The number of sulfone groups is 1. The topological polar surface area (TPSA) is 111 Å². The van der Waals surface area contributed by atoms with Crippen molar-refractivity contribution in [1.29, 1.82) is 0 Å². The summed E-state index contributed by atoms with van der Waals surface area (Å²) in [4.78, 5) is 16.1. The van der Waals surface area contributed by atoms with Crippen LogP contribution in [0, 0.1) is 5.82 Å². The number of thiophene rings is 1. The van der Waals surface area contributed by atoms with Gasteiger partial charge >= 0.3 is 0 Å². The van der Waals surface area contributed by atoms with Gasteiger partial charge in [0.25, 0.3) is 5.56 Å². The number of anilines is 1. The minimum atomic E-state index is -3.84. The van der Waals surface area contributed by atoms with Crippen LogP contribution >= 0.6 is 11.3 Å². The van der Waals surface area contributed by atoms with E-state index in [9.17, 15) is 27.8 Å². The smallest absolute Gasteiger partial charge is 0.255 e. The second-order valence-electron chi connectivity index (χ2n) is 6.73. The molecule has 28 heavy (non-hydrogen) atoms. The van der Waals surface area contributed by atoms with E-state index in [1.54, 1.807) is 17.0 Å². The van der Waals surface area contributed by atoms with E-state index < -0.39 is 39.2 Å². The molecule has 0 spiro atoms. The summed E-state index contributed by atoms with van der Waals surface area (Å²) in [6.45, 7) is 0.423. The summed E-state index contributed by atoms with van der Waals surface area (Å²) in [7, 11) is -3.84. The lowest BCUT2D eigenvalue weighted by Gasteiger charge is -2.14. The summed E-state index contributed by atoms with van der Waals surface area (Å²) in [5, 5.41) is 20.5. The fraction of sp³-hybridized carbons (Fsp3) is 0.278. The van der Waals surface area contributed by atoms with E-state index >= 15 is 0 Å². The van der Waals surface area contributed by atoms with Crippen molar-refractivity contribution in [3.8, 4) is 0 Å². The van der Waals surface area contributed by atoms with Crippen molar-refractivity contribution in [2.75, 3.05) is 18.0 Å². The predicted molar refractivity (Wildman–Crippen MR) is 104 cm³/mol. The van der Waals surface area contributed by atoms with Crippen LogP contribution < -0.4 is 10.5 Å². The van der Waals surface area contributed by atoms with E-state index in [1.807, 2.05) is 0 Å². The highest BCUT2D eigenvalue weighted by molar-refractivity contribution is 7.92. The van der Waals surface area contributed by atoms with Gasteiger partial charge in [-0.1, -0.05) is 0 Å². The van der Waals surface area contributed by atoms with Crippen LogP contribution in [0.25, 0.3) is 10.8 Å². The summed E-state index contributed by atoms with van der Waals surface area (Å²) in [5.74, 6) is -1.27. The molecule has 2 atom stereocenters. The number of aromatic nitrogens is 1. The van der Waals surface area contributed by atoms with E-state index in [-0.39, 0.29) is 28.2 Å². The number of halogens is 1. The minimum Gasteiger partial charge on any atom is -0.389 e. The summed E-state index contributed by atoms with van der Waals surface area (Å²) in [5.41, 5.74) is -0.494. The molecule has 0 radical (unpaired) electrons. The molecular formula is C18H17FN2O5S2. The quantitative estimate of drug-likeness (QED) is 0.581. The van der Waals surface area contributed by atoms with Gasteiger partial charge in [0.05, 0.1) is 23.0 Å². The predicted octanol–water partition coefficient (Wildman–Crippen LogP) is 1.24. The van der Waals surface area contributed by atoms with Gasteiger partial charge in [0.2, 0.25) is 0 Å². The first-order valence-corrected chi connectivity index (χ1v) is 10.9. The number of aliphatic hydroxyl groups excluding tert-OH is 2. The molecule has 10 heteroatoms. The van der Waals surface area contributed by atoms with Crippen molar-refractivity contribution in [2.45, 2.75) is 22.2 Å². The second kappa shape index (κ2) is 6.96. The molecule has 1 aromatic carbocycles. The number of benzene rings is 1. The Kier molecular flexibility index (Phi) is 4.74. The number of nitrogens with zero attached hydrogens (tertiary/aromatic N) is 1. The minimum absolute atomic E-state index is 0.0554. The number of rotatable bonds is 4. The standard InChI is InChI=1S/C18H17FN2O5S2/c19-13-6-10-3-4-20-18(24)12(10)5-11(13)9-28(25,26)17-2-1-16(27-17)21-7-14(22)15(23)8-21/h1-6,14-15,22-23H,7-9H2,(H,20,24). The van der Waals surface area contributed by atoms with Gasteiger partial charge in [-0.25, -0.2) is 12.8 Å². The summed E-state index contributed by atoms with van der Waals surface area (Å²) < 4.78 is 40.0. The van der Waals surface area contributed by atoms with E-state index in [2.05, 4.69) is 4.98 Å². The summed E-state index contributed by atoms with van der Waals surface area (Å²) in [6.07, 6.45) is -0.362. The largest absolute Gasteiger partial charge is 0.389 e. The van der Waals surface area contributed by atoms with Crippen molar-refractivity contribution in [1.82, 2.24) is 4.98 Å². The first kappa shape index (κ1) is 19.1. The second-order valence-corrected chi connectivity index (χ2v) is 10.0. The number of aliphatic hydroxyl groups is 2. The molecule has 0 saturated carbocycles. The van der Waals surface area contributed by atoms with Crippen LogP contribution in [0.3, 0.4) is 0 Å². The molecule has 3 N–H and O–H groups in total. The normalized spacial score (nSPS) is 20.2. The zero-order valence-corrected chi connectivity index (χ0v) is 16.1. The Morgan fingerprint density at radius 1 is 1.18 bits per heavy atom. The Labute approximate surface area is 163 Å². The van der Waals surface area contributed by atoms with Gasteiger partial charge in [-0.2, -0.15) is 0 Å². The van der Waals surface area contributed by atoms with Gasteiger partial charge in [-0.3, -0.25) is 4.79 Å². The number of aromatic amines is 1. The van der Waals surface area contributed by atoms with E-state index in [1.165, 1.54) is 18.3 Å². The van der Waals surface area contributed by atoms with Crippen LogP contribution in [0.15, 0.2) is 45.5 Å². The number of H-pyrrole nitrogens is 1. The first-order valence-electron chi connectivity index (χ1n) is 8.48. The molecule has 7 nitrogen and oxygen atoms in total. The van der Waals surface area contributed by atoms with Gasteiger partial charge in [-0.15, -0.1) is 11.3 Å². The lowest BCUT2D eigenvalue weighted by Crippen LogP contribution is -2.22. The van der Waals surface area contributed by atoms with Crippen LogP contribution in [0.2, 0.25) is 0 Å². The van der Waals surface area contributed by atoms with Crippen LogP contribution in [-0.2, 0) is 15.6 Å². The average Bonchev–Trinajstić information content (AvgIpc) is 3.24. The monoisotopic (exact) mass is 424 g/mol. The molecular weight excluding hydrogens is 407 g/mol. The summed E-state index contributed by atoms with van der Waals surface area (Å²) in [6, 6.07) is 7.00. The zero-order chi connectivity index (χ0) is 20.1. The maximum absolute atomic E-state index is 14.4. The number of nitrogens with one attached hydrogen (secondary N) is 1. The Balaban J connectivity index is 1.63. The van der Waals surface area contributed by atoms with Crippen molar-refractivity contribution >= 4 is 36.9 Å². The highest BCUT2D eigenvalue weighted by atomic mass is 32.2. The highest BCUT2D eigenvalue weighted by Crippen LogP contribution is 2.33. The Hall–Kier alpha value is -2.27. The molecule has 0 bridgehead atoms. The van der Waals surface area contributed by atoms with Crippen LogP contribution in [0.5, 0.6) is 0 Å². The average molecular weight is 424 g/mol. The zero-order valence-electron chi connectivity index (χ0n) is 14.5.